The van der Waals surface area contributed by atoms with Crippen molar-refractivity contribution in [2.45, 2.75) is 13.3 Å². The van der Waals surface area contributed by atoms with Crippen molar-refractivity contribution >= 4 is 22.2 Å². The third-order valence-corrected chi connectivity index (χ3v) is 5.41. The smallest absolute Gasteiger partial charge is 0.345 e. The highest BCUT2D eigenvalue weighted by Crippen LogP contribution is 2.25. The number of pyridine rings is 1. The summed E-state index contributed by atoms with van der Waals surface area (Å²) in [5.41, 5.74) is 4.68. The molecule has 4 aromatic rings. The number of fused-ring (bicyclic) bond motifs is 2. The summed E-state index contributed by atoms with van der Waals surface area (Å²) in [5.74, 6) is 0. The lowest BCUT2D eigenvalue weighted by atomic mass is 10.1. The van der Waals surface area contributed by atoms with Crippen LogP contribution < -0.4 is 15.8 Å². The van der Waals surface area contributed by atoms with Crippen molar-refractivity contribution in [3.05, 3.63) is 64.6 Å². The van der Waals surface area contributed by atoms with E-state index in [1.807, 2.05) is 36.5 Å². The average molecular weight is 374 g/mol. The molecule has 6 nitrogen and oxygen atoms in total. The Kier molecular flexibility index (Phi) is 4.13. The van der Waals surface area contributed by atoms with Crippen LogP contribution in [0.2, 0.25) is 0 Å². The molecule has 0 bridgehead atoms. The van der Waals surface area contributed by atoms with Crippen molar-refractivity contribution in [1.82, 2.24) is 14.9 Å². The van der Waals surface area contributed by atoms with Crippen LogP contribution in [0.1, 0.15) is 12.5 Å². The number of nitrogens with zero attached hydrogens (tertiary/aromatic N) is 3. The van der Waals surface area contributed by atoms with Crippen LogP contribution in [0, 0.1) is 0 Å². The maximum atomic E-state index is 12.7. The first-order valence-electron chi connectivity index (χ1n) is 9.73. The van der Waals surface area contributed by atoms with E-state index in [-0.39, 0.29) is 5.63 Å². The number of aryl methyl sites for hydroxylation is 1. The van der Waals surface area contributed by atoms with E-state index in [1.165, 1.54) is 5.56 Å². The summed E-state index contributed by atoms with van der Waals surface area (Å²) in [6.07, 6.45) is 2.89. The number of hydrogen-bond donors (Lipinski definition) is 1. The summed E-state index contributed by atoms with van der Waals surface area (Å²) in [4.78, 5) is 15.0. The third kappa shape index (κ3) is 2.96. The second-order valence-electron chi connectivity index (χ2n) is 7.19. The summed E-state index contributed by atoms with van der Waals surface area (Å²) in [7, 11) is 0. The van der Waals surface area contributed by atoms with Crippen molar-refractivity contribution in [3.63, 3.8) is 0 Å². The molecule has 6 heteroatoms. The molecule has 3 aromatic heterocycles. The lowest BCUT2D eigenvalue weighted by Crippen LogP contribution is -2.43. The van der Waals surface area contributed by atoms with Gasteiger partial charge in [0, 0.05) is 49.5 Å². The van der Waals surface area contributed by atoms with Crippen LogP contribution in [0.5, 0.6) is 0 Å². The van der Waals surface area contributed by atoms with E-state index in [4.69, 9.17) is 4.42 Å². The third-order valence-electron chi connectivity index (χ3n) is 5.41. The highest BCUT2D eigenvalue weighted by atomic mass is 16.4. The number of benzene rings is 1. The van der Waals surface area contributed by atoms with E-state index in [1.54, 1.807) is 4.52 Å². The van der Waals surface area contributed by atoms with Gasteiger partial charge in [-0.15, -0.1) is 0 Å². The Morgan fingerprint density at radius 2 is 1.96 bits per heavy atom. The van der Waals surface area contributed by atoms with Crippen LogP contribution in [0.3, 0.4) is 0 Å². The minimum atomic E-state index is -0.357. The van der Waals surface area contributed by atoms with E-state index in [0.29, 0.717) is 16.8 Å². The van der Waals surface area contributed by atoms with Gasteiger partial charge in [-0.05, 0) is 48.4 Å². The molecule has 4 heterocycles. The summed E-state index contributed by atoms with van der Waals surface area (Å²) in [5, 5.41) is 8.81. The number of nitrogens with one attached hydrogen (secondary N) is 1. The van der Waals surface area contributed by atoms with Crippen molar-refractivity contribution in [2.24, 2.45) is 0 Å². The fourth-order valence-corrected chi connectivity index (χ4v) is 3.79. The fourth-order valence-electron chi connectivity index (χ4n) is 3.79. The molecule has 1 aromatic carbocycles. The lowest BCUT2D eigenvalue weighted by molar-refractivity contribution is 0.561. The minimum absolute atomic E-state index is 0.357. The van der Waals surface area contributed by atoms with Gasteiger partial charge in [0.2, 0.25) is 0 Å². The van der Waals surface area contributed by atoms with Gasteiger partial charge in [-0.25, -0.2) is 9.31 Å². The van der Waals surface area contributed by atoms with Crippen LogP contribution in [-0.4, -0.2) is 35.8 Å². The van der Waals surface area contributed by atoms with Gasteiger partial charge in [-0.1, -0.05) is 6.92 Å². The Labute approximate surface area is 162 Å². The van der Waals surface area contributed by atoms with Crippen molar-refractivity contribution in [1.29, 1.82) is 0 Å². The van der Waals surface area contributed by atoms with Gasteiger partial charge in [0.1, 0.15) is 11.3 Å². The summed E-state index contributed by atoms with van der Waals surface area (Å²) in [6.45, 7) is 5.96. The first kappa shape index (κ1) is 17.0. The van der Waals surface area contributed by atoms with Gasteiger partial charge in [0.05, 0.1) is 11.1 Å². The van der Waals surface area contributed by atoms with E-state index < -0.39 is 0 Å². The zero-order valence-corrected chi connectivity index (χ0v) is 15.8. The van der Waals surface area contributed by atoms with E-state index in [2.05, 4.69) is 34.4 Å². The molecule has 0 amide bonds. The number of hydrogen-bond acceptors (Lipinski definition) is 5. The van der Waals surface area contributed by atoms with Crippen LogP contribution in [0.25, 0.3) is 27.7 Å². The molecule has 28 heavy (non-hydrogen) atoms. The second kappa shape index (κ2) is 6.80. The van der Waals surface area contributed by atoms with Gasteiger partial charge < -0.3 is 14.6 Å². The molecule has 1 aliphatic heterocycles. The summed E-state index contributed by atoms with van der Waals surface area (Å²) in [6, 6.07) is 14.0. The fraction of sp³-hybridized carbons (Fsp3) is 0.273. The first-order valence-corrected chi connectivity index (χ1v) is 9.73. The van der Waals surface area contributed by atoms with Gasteiger partial charge in [-0.2, -0.15) is 5.10 Å². The molecule has 0 radical (unpaired) electrons. The van der Waals surface area contributed by atoms with Crippen LogP contribution in [0.4, 0.5) is 5.69 Å². The molecule has 0 aliphatic carbocycles. The Morgan fingerprint density at radius 1 is 1.11 bits per heavy atom. The number of piperazine rings is 1. The number of aromatic nitrogens is 2. The van der Waals surface area contributed by atoms with Crippen molar-refractivity contribution in [2.75, 3.05) is 31.1 Å². The van der Waals surface area contributed by atoms with Crippen LogP contribution >= 0.6 is 0 Å². The largest absolute Gasteiger partial charge is 0.422 e. The van der Waals surface area contributed by atoms with Crippen molar-refractivity contribution < 1.29 is 4.42 Å². The second-order valence-corrected chi connectivity index (χ2v) is 7.19. The lowest BCUT2D eigenvalue weighted by Gasteiger charge is -2.29. The van der Waals surface area contributed by atoms with Gasteiger partial charge >= 0.3 is 5.63 Å². The molecule has 0 spiro atoms. The normalized spacial score (nSPS) is 14.8. The van der Waals surface area contributed by atoms with E-state index >= 15 is 0 Å². The first-order chi connectivity index (χ1) is 13.7. The quantitative estimate of drug-likeness (QED) is 0.559. The molecule has 142 valence electrons. The highest BCUT2D eigenvalue weighted by Gasteiger charge is 2.15. The Hall–Kier alpha value is -3.12. The monoisotopic (exact) mass is 374 g/mol. The van der Waals surface area contributed by atoms with Crippen molar-refractivity contribution in [3.8, 4) is 11.3 Å². The summed E-state index contributed by atoms with van der Waals surface area (Å²) < 4.78 is 7.47. The molecule has 5 rings (SSSR count). The maximum Gasteiger partial charge on any atom is 0.345 e. The van der Waals surface area contributed by atoms with Gasteiger partial charge in [0.25, 0.3) is 0 Å². The number of anilines is 1. The molecule has 0 atom stereocenters. The minimum Gasteiger partial charge on any atom is -0.422 e. The molecular weight excluding hydrogens is 352 g/mol. The zero-order valence-electron chi connectivity index (χ0n) is 15.8. The molecule has 0 saturated carbocycles. The molecular formula is C22H22N4O2. The maximum absolute atomic E-state index is 12.7. The molecule has 0 unspecified atom stereocenters. The molecule has 1 N–H and O–H groups in total. The SMILES string of the molecule is CCc1ccn2nc(-c3cc4ccc(N5CCNCC5)cc4oc3=O)cc2c1. The summed E-state index contributed by atoms with van der Waals surface area (Å²) >= 11 is 0. The van der Waals surface area contributed by atoms with Crippen LogP contribution in [-0.2, 0) is 6.42 Å². The molecule has 1 saturated heterocycles. The Balaban J connectivity index is 1.56. The zero-order chi connectivity index (χ0) is 19.1. The van der Waals surface area contributed by atoms with Crippen LogP contribution in [0.15, 0.2) is 57.9 Å². The topological polar surface area (TPSA) is 62.8 Å². The predicted octanol–water partition coefficient (Wildman–Crippen LogP) is 3.08. The van der Waals surface area contributed by atoms with E-state index in [0.717, 1.165) is 49.2 Å². The average Bonchev–Trinajstić information content (AvgIpc) is 3.16. The number of rotatable bonds is 3. The standard InChI is InChI=1S/C22H22N4O2/c1-2-15-5-8-26-18(11-15)13-20(24-26)19-12-16-3-4-17(14-21(16)28-22(19)27)25-9-6-23-7-10-25/h3-5,8,11-14,23H,2,6-7,9-10H2,1H3. The molecule has 1 fully saturated rings. The van der Waals surface area contributed by atoms with E-state index in [9.17, 15) is 4.79 Å². The predicted molar refractivity (Wildman–Crippen MR) is 111 cm³/mol. The highest BCUT2D eigenvalue weighted by molar-refractivity contribution is 5.84. The Morgan fingerprint density at radius 3 is 2.79 bits per heavy atom. The molecule has 1 aliphatic rings. The van der Waals surface area contributed by atoms with Gasteiger partial charge in [0.15, 0.2) is 0 Å². The Bertz CT molecular complexity index is 1220. The van der Waals surface area contributed by atoms with Gasteiger partial charge in [-0.3, -0.25) is 0 Å².